The summed E-state index contributed by atoms with van der Waals surface area (Å²) in [5.41, 5.74) is 0.518. The molecule has 3 N–H and O–H groups in total. The van der Waals surface area contributed by atoms with Crippen LogP contribution in [0.3, 0.4) is 0 Å². The Morgan fingerprint density at radius 2 is 2.17 bits per heavy atom. The highest BCUT2D eigenvalue weighted by molar-refractivity contribution is 5.93. The predicted octanol–water partition coefficient (Wildman–Crippen LogP) is -1.06. The molecule has 0 aromatic carbocycles. The molecule has 0 saturated heterocycles. The molecule has 0 aliphatic carbocycles. The van der Waals surface area contributed by atoms with Crippen molar-refractivity contribution in [2.75, 3.05) is 5.32 Å². The molecule has 10 nitrogen and oxygen atoms in total. The summed E-state index contributed by atoms with van der Waals surface area (Å²) in [6.07, 6.45) is 2.41. The largest absolute Gasteiger partial charge is 0.349 e. The number of carbonyl (C=O) groups excluding carboxylic acids is 3. The molecule has 1 aliphatic heterocycles. The van der Waals surface area contributed by atoms with Crippen molar-refractivity contribution in [3.63, 3.8) is 0 Å². The summed E-state index contributed by atoms with van der Waals surface area (Å²) in [6, 6.07) is 0. The molecule has 3 amide bonds. The molecule has 24 heavy (non-hydrogen) atoms. The average Bonchev–Trinajstić information content (AvgIpc) is 2.92. The van der Waals surface area contributed by atoms with Gasteiger partial charge in [-0.3, -0.25) is 14.4 Å². The summed E-state index contributed by atoms with van der Waals surface area (Å²) < 4.78 is 14.2. The normalized spacial score (nSPS) is 13.0. The molecule has 124 valence electrons. The first kappa shape index (κ1) is 15.5. The number of carbonyl (C=O) groups is 3. The van der Waals surface area contributed by atoms with Crippen molar-refractivity contribution in [3.05, 3.63) is 35.6 Å². The Kier molecular flexibility index (Phi) is 4.14. The molecule has 2 aromatic rings. The van der Waals surface area contributed by atoms with Crippen molar-refractivity contribution < 1.29 is 18.8 Å². The molecule has 1 aliphatic rings. The van der Waals surface area contributed by atoms with Crippen LogP contribution in [0.15, 0.2) is 12.4 Å². The van der Waals surface area contributed by atoms with E-state index < -0.39 is 11.7 Å². The number of rotatable bonds is 5. The lowest BCUT2D eigenvalue weighted by Crippen LogP contribution is -2.37. The van der Waals surface area contributed by atoms with Crippen molar-refractivity contribution in [2.24, 2.45) is 0 Å². The number of amides is 3. The molecule has 2 aromatic heterocycles. The minimum atomic E-state index is -0.581. The molecule has 0 atom stereocenters. The van der Waals surface area contributed by atoms with Gasteiger partial charge in [0.25, 0.3) is 5.91 Å². The average molecular weight is 333 g/mol. The minimum Gasteiger partial charge on any atom is -0.349 e. The summed E-state index contributed by atoms with van der Waals surface area (Å²) in [4.78, 5) is 46.0. The summed E-state index contributed by atoms with van der Waals surface area (Å²) >= 11 is 0. The Hall–Kier alpha value is -3.37. The summed E-state index contributed by atoms with van der Waals surface area (Å²) in [7, 11) is 0. The quantitative estimate of drug-likeness (QED) is 0.598. The highest BCUT2D eigenvalue weighted by Gasteiger charge is 2.26. The number of nitrogens with zero attached hydrogens (tertiary/aromatic N) is 4. The van der Waals surface area contributed by atoms with Gasteiger partial charge in [0.05, 0.1) is 31.2 Å². The van der Waals surface area contributed by atoms with Crippen molar-refractivity contribution in [3.8, 4) is 0 Å². The predicted molar refractivity (Wildman–Crippen MR) is 76.9 cm³/mol. The van der Waals surface area contributed by atoms with E-state index in [-0.39, 0.29) is 43.0 Å². The Balaban J connectivity index is 1.80. The van der Waals surface area contributed by atoms with Crippen LogP contribution in [-0.4, -0.2) is 37.7 Å². The summed E-state index contributed by atoms with van der Waals surface area (Å²) in [5, 5.41) is 7.54. The van der Waals surface area contributed by atoms with Crippen LogP contribution in [0, 0.1) is 5.82 Å². The Morgan fingerprint density at radius 1 is 1.42 bits per heavy atom. The van der Waals surface area contributed by atoms with Gasteiger partial charge in [0, 0.05) is 0 Å². The van der Waals surface area contributed by atoms with Crippen molar-refractivity contribution in [1.29, 1.82) is 0 Å². The van der Waals surface area contributed by atoms with E-state index in [9.17, 15) is 18.8 Å². The van der Waals surface area contributed by atoms with E-state index in [1.54, 1.807) is 0 Å². The lowest BCUT2D eigenvalue weighted by molar-refractivity contribution is -0.122. The molecule has 11 heteroatoms. The standard InChI is InChI=1S/C13H12FN7O3/c14-7-1-15-9(16-2-7)4-18-13(24)12-20-11(19-6-22)8-3-17-10(23)5-21(8)12/h1-2,6H,3-5H2,(H,17,23)(H,18,24)(H,19,22). The van der Waals surface area contributed by atoms with Crippen LogP contribution in [0.1, 0.15) is 22.1 Å². The van der Waals surface area contributed by atoms with Crippen LogP contribution in [-0.2, 0) is 29.2 Å². The second-order valence-electron chi connectivity index (χ2n) is 4.86. The second kappa shape index (κ2) is 6.40. The highest BCUT2D eigenvalue weighted by Crippen LogP contribution is 2.19. The summed E-state index contributed by atoms with van der Waals surface area (Å²) in [6.45, 7) is 0.0268. The van der Waals surface area contributed by atoms with Gasteiger partial charge in [-0.05, 0) is 0 Å². The number of anilines is 1. The Labute approximate surface area is 134 Å². The van der Waals surface area contributed by atoms with Gasteiger partial charge < -0.3 is 20.5 Å². The maximum Gasteiger partial charge on any atom is 0.287 e. The van der Waals surface area contributed by atoms with Crippen LogP contribution in [0.5, 0.6) is 0 Å². The van der Waals surface area contributed by atoms with Gasteiger partial charge in [-0.25, -0.2) is 19.3 Å². The molecule has 0 saturated carbocycles. The number of halogens is 1. The van der Waals surface area contributed by atoms with Crippen LogP contribution >= 0.6 is 0 Å². The third kappa shape index (κ3) is 3.04. The zero-order chi connectivity index (χ0) is 17.1. The van der Waals surface area contributed by atoms with Gasteiger partial charge in [-0.15, -0.1) is 0 Å². The van der Waals surface area contributed by atoms with Crippen molar-refractivity contribution >= 4 is 24.0 Å². The fourth-order valence-electron chi connectivity index (χ4n) is 2.23. The molecule has 0 spiro atoms. The van der Waals surface area contributed by atoms with Gasteiger partial charge in [0.15, 0.2) is 11.6 Å². The number of fused-ring (bicyclic) bond motifs is 1. The smallest absolute Gasteiger partial charge is 0.287 e. The van der Waals surface area contributed by atoms with E-state index in [1.807, 2.05) is 0 Å². The van der Waals surface area contributed by atoms with Crippen LogP contribution in [0.4, 0.5) is 10.2 Å². The molecule has 0 unspecified atom stereocenters. The molecule has 3 rings (SSSR count). The lowest BCUT2D eigenvalue weighted by atomic mass is 10.3. The third-order valence-corrected chi connectivity index (χ3v) is 3.31. The van der Waals surface area contributed by atoms with Crippen LogP contribution in [0.25, 0.3) is 0 Å². The number of hydrogen-bond acceptors (Lipinski definition) is 6. The first-order valence-electron chi connectivity index (χ1n) is 6.89. The van der Waals surface area contributed by atoms with Gasteiger partial charge in [0.2, 0.25) is 18.1 Å². The second-order valence-corrected chi connectivity index (χ2v) is 4.86. The fourth-order valence-corrected chi connectivity index (χ4v) is 2.23. The maximum absolute atomic E-state index is 12.8. The van der Waals surface area contributed by atoms with Gasteiger partial charge >= 0.3 is 0 Å². The molecular formula is C13H12FN7O3. The van der Waals surface area contributed by atoms with E-state index in [2.05, 4.69) is 30.9 Å². The molecule has 3 heterocycles. The van der Waals surface area contributed by atoms with Gasteiger partial charge in [0.1, 0.15) is 12.4 Å². The summed E-state index contributed by atoms with van der Waals surface area (Å²) in [5.74, 6) is -1.02. The zero-order valence-electron chi connectivity index (χ0n) is 12.2. The van der Waals surface area contributed by atoms with Gasteiger partial charge in [-0.2, -0.15) is 0 Å². The number of aromatic nitrogens is 4. The van der Waals surface area contributed by atoms with Crippen LogP contribution in [0.2, 0.25) is 0 Å². The first-order valence-corrected chi connectivity index (χ1v) is 6.89. The Morgan fingerprint density at radius 3 is 2.88 bits per heavy atom. The topological polar surface area (TPSA) is 131 Å². The highest BCUT2D eigenvalue weighted by atomic mass is 19.1. The van der Waals surface area contributed by atoms with Gasteiger partial charge in [-0.1, -0.05) is 0 Å². The maximum atomic E-state index is 12.8. The third-order valence-electron chi connectivity index (χ3n) is 3.31. The molecule has 0 bridgehead atoms. The van der Waals surface area contributed by atoms with Crippen LogP contribution < -0.4 is 16.0 Å². The number of hydrogen-bond donors (Lipinski definition) is 3. The number of imidazole rings is 1. The number of nitrogens with one attached hydrogen (secondary N) is 3. The van der Waals surface area contributed by atoms with Crippen molar-refractivity contribution in [1.82, 2.24) is 30.2 Å². The molecular weight excluding hydrogens is 321 g/mol. The monoisotopic (exact) mass is 333 g/mol. The molecule has 0 fully saturated rings. The fraction of sp³-hybridized carbons (Fsp3) is 0.231. The minimum absolute atomic E-state index is 0.0219. The Bertz CT molecular complexity index is 803. The van der Waals surface area contributed by atoms with Crippen molar-refractivity contribution in [2.45, 2.75) is 19.6 Å². The van der Waals surface area contributed by atoms with E-state index in [1.165, 1.54) is 4.57 Å². The van der Waals surface area contributed by atoms with E-state index >= 15 is 0 Å². The lowest BCUT2D eigenvalue weighted by Gasteiger charge is -2.17. The zero-order valence-corrected chi connectivity index (χ0v) is 12.2. The van der Waals surface area contributed by atoms with E-state index in [4.69, 9.17) is 0 Å². The SMILES string of the molecule is O=CNc1nc(C(=O)NCc2ncc(F)cn2)n2c1CNC(=O)C2. The first-order chi connectivity index (χ1) is 11.6. The molecule has 0 radical (unpaired) electrons. The van der Waals surface area contributed by atoms with E-state index in [0.29, 0.717) is 12.1 Å². The van der Waals surface area contributed by atoms with E-state index in [0.717, 1.165) is 12.4 Å².